The first-order valence-electron chi connectivity index (χ1n) is 10.3. The number of alkyl halides is 3. The van der Waals surface area contributed by atoms with E-state index in [0.29, 0.717) is 37.9 Å². The van der Waals surface area contributed by atoms with Crippen LogP contribution in [0.2, 0.25) is 0 Å². The summed E-state index contributed by atoms with van der Waals surface area (Å²) in [5.41, 5.74) is -0.0474. The summed E-state index contributed by atoms with van der Waals surface area (Å²) in [5.74, 6) is 0.829. The number of nitrogens with zero attached hydrogens (tertiary/aromatic N) is 6. The molecule has 0 atom stereocenters. The molecule has 11 heteroatoms. The first-order valence-corrected chi connectivity index (χ1v) is 10.3. The van der Waals surface area contributed by atoms with Gasteiger partial charge in [-0.25, -0.2) is 9.97 Å². The highest BCUT2D eigenvalue weighted by Gasteiger charge is 2.32. The van der Waals surface area contributed by atoms with E-state index in [1.165, 1.54) is 0 Å². The summed E-state index contributed by atoms with van der Waals surface area (Å²) in [4.78, 5) is 28.4. The molecule has 2 aliphatic rings. The Kier molecular flexibility index (Phi) is 5.86. The maximum atomic E-state index is 13.1. The summed E-state index contributed by atoms with van der Waals surface area (Å²) in [6.45, 7) is 3.80. The van der Waals surface area contributed by atoms with Gasteiger partial charge in [0.15, 0.2) is 0 Å². The molecule has 4 rings (SSSR count). The van der Waals surface area contributed by atoms with Gasteiger partial charge < -0.3 is 15.1 Å². The van der Waals surface area contributed by atoms with Crippen LogP contribution in [0, 0.1) is 17.2 Å². The third-order valence-corrected chi connectivity index (χ3v) is 5.78. The van der Waals surface area contributed by atoms with Crippen molar-refractivity contribution in [3.05, 3.63) is 35.7 Å². The second kappa shape index (κ2) is 8.61. The Morgan fingerprint density at radius 1 is 1.19 bits per heavy atom. The quantitative estimate of drug-likeness (QED) is 0.771. The van der Waals surface area contributed by atoms with E-state index in [-0.39, 0.29) is 23.6 Å². The van der Waals surface area contributed by atoms with Crippen molar-refractivity contribution >= 4 is 23.5 Å². The van der Waals surface area contributed by atoms with Gasteiger partial charge in [-0.15, -0.1) is 0 Å². The van der Waals surface area contributed by atoms with Gasteiger partial charge in [0.1, 0.15) is 11.6 Å². The molecule has 1 N–H and O–H groups in total. The van der Waals surface area contributed by atoms with Crippen molar-refractivity contribution in [2.24, 2.45) is 5.92 Å². The zero-order valence-corrected chi connectivity index (χ0v) is 17.4. The molecule has 32 heavy (non-hydrogen) atoms. The van der Waals surface area contributed by atoms with Crippen LogP contribution in [0.4, 0.5) is 30.8 Å². The zero-order valence-electron chi connectivity index (χ0n) is 17.4. The first-order chi connectivity index (χ1) is 15.2. The van der Waals surface area contributed by atoms with Crippen LogP contribution in [0.3, 0.4) is 0 Å². The van der Waals surface area contributed by atoms with Gasteiger partial charge >= 0.3 is 6.18 Å². The summed E-state index contributed by atoms with van der Waals surface area (Å²) < 4.78 is 39.2. The Labute approximate surface area is 183 Å². The van der Waals surface area contributed by atoms with Gasteiger partial charge in [-0.2, -0.15) is 23.4 Å². The molecule has 8 nitrogen and oxygen atoms in total. The molecular formula is C21H22F3N7O. The molecule has 2 aromatic heterocycles. The lowest BCUT2D eigenvalue weighted by molar-refractivity contribution is -0.137. The Morgan fingerprint density at radius 2 is 1.91 bits per heavy atom. The molecule has 0 bridgehead atoms. The van der Waals surface area contributed by atoms with Gasteiger partial charge in [0.2, 0.25) is 11.9 Å². The molecule has 4 heterocycles. The second-order valence-electron chi connectivity index (χ2n) is 8.04. The summed E-state index contributed by atoms with van der Waals surface area (Å²) in [6, 6.07) is 5.77. The molecule has 0 unspecified atom stereocenters. The average Bonchev–Trinajstić information content (AvgIpc) is 2.72. The second-order valence-corrected chi connectivity index (χ2v) is 8.04. The van der Waals surface area contributed by atoms with Crippen LogP contribution in [-0.4, -0.2) is 51.9 Å². The van der Waals surface area contributed by atoms with Crippen molar-refractivity contribution in [2.75, 3.05) is 36.4 Å². The number of carbonyl (C=O) groups is 1. The number of halogens is 3. The normalized spacial score (nSPS) is 17.6. The van der Waals surface area contributed by atoms with E-state index < -0.39 is 11.7 Å². The number of anilines is 3. The molecule has 0 saturated carbocycles. The maximum Gasteiger partial charge on any atom is 0.416 e. The number of aromatic nitrogens is 3. The predicted molar refractivity (Wildman–Crippen MR) is 110 cm³/mol. The van der Waals surface area contributed by atoms with Crippen LogP contribution in [0.25, 0.3) is 0 Å². The number of hydrogen-bond donors (Lipinski definition) is 1. The van der Waals surface area contributed by atoms with Gasteiger partial charge in [0, 0.05) is 51.3 Å². The smallest absolute Gasteiger partial charge is 0.343 e. The van der Waals surface area contributed by atoms with Crippen LogP contribution in [0.1, 0.15) is 36.9 Å². The van der Waals surface area contributed by atoms with Gasteiger partial charge in [0.05, 0.1) is 23.2 Å². The van der Waals surface area contributed by atoms with Gasteiger partial charge in [-0.3, -0.25) is 4.79 Å². The Morgan fingerprint density at radius 3 is 2.53 bits per heavy atom. The van der Waals surface area contributed by atoms with Crippen LogP contribution in [-0.2, 0) is 11.0 Å². The third kappa shape index (κ3) is 4.74. The summed E-state index contributed by atoms with van der Waals surface area (Å²) in [6.07, 6.45) is -1.91. The topological polar surface area (TPSA) is 98.0 Å². The minimum Gasteiger partial charge on any atom is -0.343 e. The first kappa shape index (κ1) is 21.8. The Balaban J connectivity index is 1.60. The SMILES string of the molecule is CC(=O)N1CCC(c2cc(Nc3cc(C(F)(F)F)ccn3)nc(N3CC(C#N)C3)n2)CC1. The summed E-state index contributed by atoms with van der Waals surface area (Å²) >= 11 is 0. The van der Waals surface area contributed by atoms with E-state index in [4.69, 9.17) is 5.26 Å². The number of carbonyl (C=O) groups excluding carboxylic acids is 1. The monoisotopic (exact) mass is 445 g/mol. The molecule has 168 valence electrons. The molecule has 2 aliphatic heterocycles. The van der Waals surface area contributed by atoms with Crippen LogP contribution in [0.5, 0.6) is 0 Å². The van der Waals surface area contributed by atoms with Crippen molar-refractivity contribution in [1.82, 2.24) is 19.9 Å². The Hall–Kier alpha value is -3.42. The van der Waals surface area contributed by atoms with Crippen LogP contribution < -0.4 is 10.2 Å². The van der Waals surface area contributed by atoms with Crippen molar-refractivity contribution in [3.8, 4) is 6.07 Å². The number of nitriles is 1. The van der Waals surface area contributed by atoms with Crippen molar-refractivity contribution < 1.29 is 18.0 Å². The molecule has 2 saturated heterocycles. The van der Waals surface area contributed by atoms with Crippen molar-refractivity contribution in [3.63, 3.8) is 0 Å². The largest absolute Gasteiger partial charge is 0.416 e. The Bertz CT molecular complexity index is 1040. The molecule has 0 aromatic carbocycles. The standard InChI is InChI=1S/C21H22F3N7O/c1-13(32)30-6-3-15(4-7-30)17-9-19(29-20(27-17)31-11-14(10-25)12-31)28-18-8-16(2-5-26-18)21(22,23)24/h2,5,8-9,14-15H,3-4,6-7,11-12H2,1H3,(H,26,27,28,29). The molecular weight excluding hydrogens is 423 g/mol. The van der Waals surface area contributed by atoms with Gasteiger partial charge in [0.25, 0.3) is 0 Å². The average molecular weight is 445 g/mol. The van der Waals surface area contributed by atoms with E-state index in [2.05, 4.69) is 26.3 Å². The number of piperidine rings is 1. The van der Waals surface area contributed by atoms with E-state index in [9.17, 15) is 18.0 Å². The van der Waals surface area contributed by atoms with Crippen LogP contribution >= 0.6 is 0 Å². The van der Waals surface area contributed by atoms with Gasteiger partial charge in [-0.05, 0) is 25.0 Å². The maximum absolute atomic E-state index is 13.1. The van der Waals surface area contributed by atoms with Crippen molar-refractivity contribution in [1.29, 1.82) is 5.26 Å². The lowest BCUT2D eigenvalue weighted by atomic mass is 9.93. The predicted octanol–water partition coefficient (Wildman–Crippen LogP) is 3.32. The minimum atomic E-state index is -4.48. The number of hydrogen-bond acceptors (Lipinski definition) is 7. The van der Waals surface area contributed by atoms with E-state index in [1.807, 2.05) is 4.90 Å². The fraction of sp³-hybridized carbons (Fsp3) is 0.476. The minimum absolute atomic E-state index is 0.0281. The fourth-order valence-corrected chi connectivity index (χ4v) is 3.89. The van der Waals surface area contributed by atoms with E-state index >= 15 is 0 Å². The highest BCUT2D eigenvalue weighted by atomic mass is 19.4. The molecule has 0 spiro atoms. The zero-order chi connectivity index (χ0) is 22.9. The molecule has 0 aliphatic carbocycles. The molecule has 2 aromatic rings. The number of rotatable bonds is 4. The highest BCUT2D eigenvalue weighted by molar-refractivity contribution is 5.73. The lowest BCUT2D eigenvalue weighted by Gasteiger charge is -2.36. The van der Waals surface area contributed by atoms with Crippen LogP contribution in [0.15, 0.2) is 24.4 Å². The summed E-state index contributed by atoms with van der Waals surface area (Å²) in [5, 5.41) is 11.9. The third-order valence-electron chi connectivity index (χ3n) is 5.78. The number of amides is 1. The number of pyridine rings is 1. The highest BCUT2D eigenvalue weighted by Crippen LogP contribution is 2.33. The lowest BCUT2D eigenvalue weighted by Crippen LogP contribution is -2.47. The van der Waals surface area contributed by atoms with E-state index in [1.54, 1.807) is 17.9 Å². The number of nitrogens with one attached hydrogen (secondary N) is 1. The van der Waals surface area contributed by atoms with E-state index in [0.717, 1.165) is 36.9 Å². The number of likely N-dealkylation sites (tertiary alicyclic amines) is 1. The van der Waals surface area contributed by atoms with Crippen molar-refractivity contribution in [2.45, 2.75) is 31.9 Å². The molecule has 0 radical (unpaired) electrons. The van der Waals surface area contributed by atoms with Gasteiger partial charge in [-0.1, -0.05) is 0 Å². The fourth-order valence-electron chi connectivity index (χ4n) is 3.89. The summed E-state index contributed by atoms with van der Waals surface area (Å²) in [7, 11) is 0. The molecule has 1 amide bonds. The molecule has 2 fully saturated rings.